The number of Topliss-reactive ketones (excluding diaryl/α,β-unsaturated/α-hetero) is 1. The van der Waals surface area contributed by atoms with Gasteiger partial charge in [-0.25, -0.2) is 4.79 Å². The third-order valence-electron chi connectivity index (χ3n) is 7.85. The van der Waals surface area contributed by atoms with Gasteiger partial charge in [-0.05, 0) is 49.4 Å². The van der Waals surface area contributed by atoms with Crippen LogP contribution in [-0.2, 0) is 33.4 Å². The number of ether oxygens (including phenoxy) is 3. The van der Waals surface area contributed by atoms with Gasteiger partial charge in [0.05, 0.1) is 24.3 Å². The maximum Gasteiger partial charge on any atom is 0.410 e. The lowest BCUT2D eigenvalue weighted by Crippen LogP contribution is -2.53. The first-order chi connectivity index (χ1) is 21.9. The smallest absolute Gasteiger partial charge is 0.410 e. The van der Waals surface area contributed by atoms with Crippen LogP contribution in [0.4, 0.5) is 4.79 Å². The number of nitrogens with zero attached hydrogens (tertiary/aromatic N) is 1. The highest BCUT2D eigenvalue weighted by Crippen LogP contribution is 2.44. The number of esters is 1. The van der Waals surface area contributed by atoms with Crippen LogP contribution in [0.15, 0.2) is 61.2 Å². The van der Waals surface area contributed by atoms with Crippen LogP contribution >= 0.6 is 0 Å². The van der Waals surface area contributed by atoms with Crippen molar-refractivity contribution in [3.8, 4) is 11.1 Å². The van der Waals surface area contributed by atoms with E-state index in [4.69, 9.17) is 14.2 Å². The molecule has 246 valence electrons. The SMILES string of the molecule is C=CCOC(=O)CNC(=O)C(=O)C(CCC)NC(=O)[C@@H]1C[C@@H](OC(C)(C)C)CN1C(=O)OCC1c2ccccc2-c2ccccc21. The van der Waals surface area contributed by atoms with Gasteiger partial charge in [-0.15, -0.1) is 0 Å². The van der Waals surface area contributed by atoms with Crippen LogP contribution in [0, 0.1) is 0 Å². The lowest BCUT2D eigenvalue weighted by molar-refractivity contribution is -0.145. The van der Waals surface area contributed by atoms with Crippen LogP contribution in [0.5, 0.6) is 0 Å². The van der Waals surface area contributed by atoms with E-state index in [-0.39, 0.29) is 38.5 Å². The molecule has 3 atom stereocenters. The lowest BCUT2D eigenvalue weighted by atomic mass is 9.98. The van der Waals surface area contributed by atoms with Crippen molar-refractivity contribution in [3.63, 3.8) is 0 Å². The first kappa shape index (κ1) is 34.4. The minimum atomic E-state index is -1.16. The molecule has 11 heteroatoms. The van der Waals surface area contributed by atoms with E-state index in [2.05, 4.69) is 17.2 Å². The zero-order valence-corrected chi connectivity index (χ0v) is 26.9. The minimum Gasteiger partial charge on any atom is -0.460 e. The topological polar surface area (TPSA) is 140 Å². The Balaban J connectivity index is 1.46. The first-order valence-electron chi connectivity index (χ1n) is 15.6. The summed E-state index contributed by atoms with van der Waals surface area (Å²) < 4.78 is 16.8. The molecule has 1 fully saturated rings. The number of ketones is 1. The number of fused-ring (bicyclic) bond motifs is 3. The summed E-state index contributed by atoms with van der Waals surface area (Å²) in [7, 11) is 0. The zero-order valence-electron chi connectivity index (χ0n) is 26.9. The molecule has 0 spiro atoms. The van der Waals surface area contributed by atoms with E-state index in [9.17, 15) is 24.0 Å². The van der Waals surface area contributed by atoms with Gasteiger partial charge in [-0.2, -0.15) is 0 Å². The monoisotopic (exact) mass is 633 g/mol. The van der Waals surface area contributed by atoms with Crippen molar-refractivity contribution in [2.75, 3.05) is 26.3 Å². The van der Waals surface area contributed by atoms with Gasteiger partial charge in [0.1, 0.15) is 25.8 Å². The molecule has 2 aliphatic rings. The Labute approximate surface area is 269 Å². The fourth-order valence-corrected chi connectivity index (χ4v) is 5.94. The average Bonchev–Trinajstić information content (AvgIpc) is 3.59. The molecule has 1 heterocycles. The molecule has 4 rings (SSSR count). The summed E-state index contributed by atoms with van der Waals surface area (Å²) in [6.45, 7) is 10.6. The van der Waals surface area contributed by atoms with Gasteiger partial charge < -0.3 is 24.8 Å². The summed E-state index contributed by atoms with van der Waals surface area (Å²) in [6, 6.07) is 13.9. The van der Waals surface area contributed by atoms with E-state index in [0.717, 1.165) is 22.3 Å². The summed E-state index contributed by atoms with van der Waals surface area (Å²) in [5, 5.41) is 4.91. The van der Waals surface area contributed by atoms with Crippen LogP contribution < -0.4 is 10.6 Å². The van der Waals surface area contributed by atoms with Crippen LogP contribution in [0.25, 0.3) is 11.1 Å². The summed E-state index contributed by atoms with van der Waals surface area (Å²) in [6.07, 6.45) is 1.10. The second kappa shape index (κ2) is 15.2. The second-order valence-electron chi connectivity index (χ2n) is 12.4. The molecule has 2 N–H and O–H groups in total. The van der Waals surface area contributed by atoms with Crippen molar-refractivity contribution in [1.82, 2.24) is 15.5 Å². The number of nitrogens with one attached hydrogen (secondary N) is 2. The summed E-state index contributed by atoms with van der Waals surface area (Å²) in [4.78, 5) is 65.9. The van der Waals surface area contributed by atoms with Gasteiger partial charge in [0, 0.05) is 12.3 Å². The molecule has 2 aromatic carbocycles. The van der Waals surface area contributed by atoms with E-state index in [1.807, 2.05) is 76.2 Å². The molecule has 1 aliphatic heterocycles. The molecular formula is C35H43N3O8. The Bertz CT molecular complexity index is 1420. The van der Waals surface area contributed by atoms with Crippen molar-refractivity contribution in [2.24, 2.45) is 0 Å². The van der Waals surface area contributed by atoms with Gasteiger partial charge in [-0.1, -0.05) is 74.5 Å². The van der Waals surface area contributed by atoms with Crippen LogP contribution in [0.3, 0.4) is 0 Å². The Hall–Kier alpha value is -4.51. The van der Waals surface area contributed by atoms with Gasteiger partial charge in [0.2, 0.25) is 11.7 Å². The second-order valence-corrected chi connectivity index (χ2v) is 12.4. The van der Waals surface area contributed by atoms with E-state index < -0.39 is 60.0 Å². The lowest BCUT2D eigenvalue weighted by Gasteiger charge is -2.26. The number of likely N-dealkylation sites (tertiary alicyclic amines) is 1. The third kappa shape index (κ3) is 8.39. The molecule has 0 saturated carbocycles. The molecular weight excluding hydrogens is 590 g/mol. The Morgan fingerprint density at radius 1 is 1.00 bits per heavy atom. The van der Waals surface area contributed by atoms with E-state index in [1.165, 1.54) is 11.0 Å². The summed E-state index contributed by atoms with van der Waals surface area (Å²) in [5.74, 6) is -3.42. The highest BCUT2D eigenvalue weighted by Gasteiger charge is 2.44. The van der Waals surface area contributed by atoms with Gasteiger partial charge in [0.25, 0.3) is 5.91 Å². The van der Waals surface area contributed by atoms with Crippen molar-refractivity contribution < 1.29 is 38.2 Å². The van der Waals surface area contributed by atoms with Crippen LogP contribution in [0.2, 0.25) is 0 Å². The first-order valence-corrected chi connectivity index (χ1v) is 15.6. The van der Waals surface area contributed by atoms with Gasteiger partial charge in [-0.3, -0.25) is 24.1 Å². The largest absolute Gasteiger partial charge is 0.460 e. The Morgan fingerprint density at radius 2 is 1.63 bits per heavy atom. The molecule has 0 bridgehead atoms. The summed E-state index contributed by atoms with van der Waals surface area (Å²) in [5.41, 5.74) is 3.79. The van der Waals surface area contributed by atoms with Crippen molar-refractivity contribution in [3.05, 3.63) is 72.3 Å². The third-order valence-corrected chi connectivity index (χ3v) is 7.85. The minimum absolute atomic E-state index is 0.0291. The van der Waals surface area contributed by atoms with E-state index in [1.54, 1.807) is 0 Å². The van der Waals surface area contributed by atoms with Crippen LogP contribution in [-0.4, -0.2) is 84.7 Å². The molecule has 3 amide bonds. The highest BCUT2D eigenvalue weighted by atomic mass is 16.6. The Morgan fingerprint density at radius 3 is 2.22 bits per heavy atom. The highest BCUT2D eigenvalue weighted by molar-refractivity contribution is 6.38. The molecule has 0 radical (unpaired) electrons. The number of carbonyl (C=O) groups is 5. The number of hydrogen-bond donors (Lipinski definition) is 2. The summed E-state index contributed by atoms with van der Waals surface area (Å²) >= 11 is 0. The van der Waals surface area contributed by atoms with E-state index in [0.29, 0.717) is 6.42 Å². The molecule has 0 aromatic heterocycles. The predicted octanol–water partition coefficient (Wildman–Crippen LogP) is 3.89. The quantitative estimate of drug-likeness (QED) is 0.192. The molecule has 46 heavy (non-hydrogen) atoms. The fourth-order valence-electron chi connectivity index (χ4n) is 5.94. The zero-order chi connectivity index (χ0) is 33.4. The normalized spacial score (nSPS) is 17.8. The molecule has 1 aliphatic carbocycles. The number of benzene rings is 2. The van der Waals surface area contributed by atoms with Gasteiger partial charge >= 0.3 is 12.1 Å². The number of carbonyl (C=O) groups excluding carboxylic acids is 5. The van der Waals surface area contributed by atoms with Crippen molar-refractivity contribution in [1.29, 1.82) is 0 Å². The fraction of sp³-hybridized carbons (Fsp3) is 0.457. The molecule has 1 unspecified atom stereocenters. The van der Waals surface area contributed by atoms with Gasteiger partial charge in [0.15, 0.2) is 0 Å². The number of amides is 3. The van der Waals surface area contributed by atoms with Crippen LogP contribution in [0.1, 0.15) is 64.0 Å². The molecule has 2 aromatic rings. The standard InChI is InChI=1S/C35H43N3O8/c1-6-12-28(31(40)33(42)36-19-30(39)44-17-7-2)37-32(41)29-18-22(46-35(3,4)5)20-38(29)34(43)45-21-27-25-15-10-8-13-23(25)24-14-9-11-16-26(24)27/h7-11,13-16,22,27-29H,2,6,12,17-21H2,1,3-5H3,(H,36,42)(H,37,41)/t22-,28?,29+/m1/s1. The number of hydrogen-bond acceptors (Lipinski definition) is 8. The Kier molecular flexibility index (Phi) is 11.3. The number of rotatable bonds is 13. The van der Waals surface area contributed by atoms with E-state index >= 15 is 0 Å². The maximum atomic E-state index is 13.7. The maximum absolute atomic E-state index is 13.7. The molecule has 1 saturated heterocycles. The average molecular weight is 634 g/mol. The van der Waals surface area contributed by atoms with Crippen molar-refractivity contribution in [2.45, 2.75) is 76.7 Å². The molecule has 11 nitrogen and oxygen atoms in total. The van der Waals surface area contributed by atoms with Crippen molar-refractivity contribution >= 4 is 29.7 Å². The predicted molar refractivity (Wildman–Crippen MR) is 171 cm³/mol.